The van der Waals surface area contributed by atoms with Crippen LogP contribution in [0.1, 0.15) is 29.0 Å². The number of anilines is 1. The van der Waals surface area contributed by atoms with Crippen LogP contribution >= 0.6 is 11.3 Å². The summed E-state index contributed by atoms with van der Waals surface area (Å²) in [5, 5.41) is 1.13. The summed E-state index contributed by atoms with van der Waals surface area (Å²) in [5.74, 6) is 0.279. The molecule has 3 aromatic rings. The van der Waals surface area contributed by atoms with Gasteiger partial charge in [-0.3, -0.25) is 4.79 Å². The molecule has 0 atom stereocenters. The van der Waals surface area contributed by atoms with Gasteiger partial charge in [-0.15, -0.1) is 11.3 Å². The van der Waals surface area contributed by atoms with E-state index in [-0.39, 0.29) is 5.91 Å². The van der Waals surface area contributed by atoms with Gasteiger partial charge in [0.1, 0.15) is 0 Å². The highest BCUT2D eigenvalue weighted by atomic mass is 32.1. The van der Waals surface area contributed by atoms with Crippen molar-refractivity contribution < 1.29 is 4.79 Å². The minimum atomic E-state index is 0.279. The second-order valence-corrected chi connectivity index (χ2v) is 8.63. The molecule has 5 heteroatoms. The smallest absolute Gasteiger partial charge is 0.222 e. The van der Waals surface area contributed by atoms with Gasteiger partial charge in [0.2, 0.25) is 5.91 Å². The average molecular weight is 394 g/mol. The Morgan fingerprint density at radius 3 is 2.61 bits per heavy atom. The summed E-state index contributed by atoms with van der Waals surface area (Å²) in [5.41, 5.74) is 5.04. The minimum Gasteiger partial charge on any atom is -0.368 e. The number of amides is 1. The summed E-state index contributed by atoms with van der Waals surface area (Å²) in [4.78, 5) is 21.7. The van der Waals surface area contributed by atoms with E-state index in [2.05, 4.69) is 54.1 Å². The first kappa shape index (κ1) is 18.9. The number of hydrogen-bond donors (Lipinski definition) is 0. The van der Waals surface area contributed by atoms with Crippen LogP contribution in [-0.4, -0.2) is 42.0 Å². The van der Waals surface area contributed by atoms with Crippen molar-refractivity contribution in [3.8, 4) is 0 Å². The van der Waals surface area contributed by atoms with E-state index < -0.39 is 0 Å². The molecule has 0 radical (unpaired) electrons. The van der Waals surface area contributed by atoms with Gasteiger partial charge < -0.3 is 9.80 Å². The lowest BCUT2D eigenvalue weighted by atomic mass is 10.1. The highest BCUT2D eigenvalue weighted by molar-refractivity contribution is 7.18. The number of fused-ring (bicyclic) bond motifs is 1. The summed E-state index contributed by atoms with van der Waals surface area (Å²) in [6, 6.07) is 14.7. The molecule has 4 rings (SSSR count). The molecule has 1 saturated heterocycles. The Hall–Kier alpha value is -2.40. The molecule has 1 aliphatic rings. The maximum absolute atomic E-state index is 12.6. The number of carbonyl (C=O) groups excluding carboxylic acids is 1. The van der Waals surface area contributed by atoms with Gasteiger partial charge in [0.25, 0.3) is 0 Å². The van der Waals surface area contributed by atoms with Crippen LogP contribution < -0.4 is 4.90 Å². The van der Waals surface area contributed by atoms with Gasteiger partial charge in [-0.1, -0.05) is 24.3 Å². The SMILES string of the molecule is Cc1cccc(N2CCN(C(=O)CCCc3nc4ccccc4s3)CC2)c1C. The first-order valence-electron chi connectivity index (χ1n) is 10.1. The average Bonchev–Trinajstić information content (AvgIpc) is 3.13. The van der Waals surface area contributed by atoms with Crippen LogP contribution in [0, 0.1) is 13.8 Å². The molecule has 0 N–H and O–H groups in total. The topological polar surface area (TPSA) is 36.4 Å². The van der Waals surface area contributed by atoms with Crippen molar-refractivity contribution in [2.75, 3.05) is 31.1 Å². The number of para-hydroxylation sites is 1. The largest absolute Gasteiger partial charge is 0.368 e. The lowest BCUT2D eigenvalue weighted by molar-refractivity contribution is -0.131. The summed E-state index contributed by atoms with van der Waals surface area (Å²) < 4.78 is 1.23. The van der Waals surface area contributed by atoms with Gasteiger partial charge in [-0.2, -0.15) is 0 Å². The molecule has 0 aliphatic carbocycles. The summed E-state index contributed by atoms with van der Waals surface area (Å²) in [6.45, 7) is 7.79. The Labute approximate surface area is 170 Å². The van der Waals surface area contributed by atoms with Crippen LogP contribution in [0.5, 0.6) is 0 Å². The van der Waals surface area contributed by atoms with E-state index in [1.807, 2.05) is 17.0 Å². The van der Waals surface area contributed by atoms with Crippen LogP contribution in [-0.2, 0) is 11.2 Å². The molecule has 2 aromatic carbocycles. The van der Waals surface area contributed by atoms with Gasteiger partial charge in [0, 0.05) is 38.3 Å². The number of hydrogen-bond acceptors (Lipinski definition) is 4. The van der Waals surface area contributed by atoms with Crippen LogP contribution in [0.25, 0.3) is 10.2 Å². The molecule has 0 saturated carbocycles. The molecule has 4 nitrogen and oxygen atoms in total. The standard InChI is InChI=1S/C23H27N3OS/c1-17-7-5-9-20(18(17)2)25-13-15-26(16-14-25)23(27)12-6-11-22-24-19-8-3-4-10-21(19)28-22/h3-5,7-10H,6,11-16H2,1-2H3. The van der Waals surface area contributed by atoms with Crippen molar-refractivity contribution in [3.63, 3.8) is 0 Å². The molecule has 0 unspecified atom stereocenters. The lowest BCUT2D eigenvalue weighted by Gasteiger charge is -2.37. The van der Waals surface area contributed by atoms with Gasteiger partial charge in [-0.25, -0.2) is 4.98 Å². The number of thiazole rings is 1. The van der Waals surface area contributed by atoms with E-state index >= 15 is 0 Å². The molecule has 146 valence electrons. The molecule has 28 heavy (non-hydrogen) atoms. The fraction of sp³-hybridized carbons (Fsp3) is 0.391. The molecule has 1 aliphatic heterocycles. The Balaban J connectivity index is 1.26. The molecule has 1 fully saturated rings. The van der Waals surface area contributed by atoms with Gasteiger partial charge >= 0.3 is 0 Å². The summed E-state index contributed by atoms with van der Waals surface area (Å²) >= 11 is 1.74. The summed E-state index contributed by atoms with van der Waals surface area (Å²) in [7, 11) is 0. The number of carbonyl (C=O) groups is 1. The van der Waals surface area contributed by atoms with E-state index in [0.717, 1.165) is 49.5 Å². The van der Waals surface area contributed by atoms with Crippen molar-refractivity contribution >= 4 is 33.1 Å². The van der Waals surface area contributed by atoms with E-state index in [4.69, 9.17) is 0 Å². The second kappa shape index (κ2) is 8.31. The van der Waals surface area contributed by atoms with E-state index in [1.165, 1.54) is 21.5 Å². The first-order chi connectivity index (χ1) is 13.6. The number of benzene rings is 2. The normalized spacial score (nSPS) is 14.6. The van der Waals surface area contributed by atoms with Gasteiger partial charge in [-0.05, 0) is 56.0 Å². The minimum absolute atomic E-state index is 0.279. The van der Waals surface area contributed by atoms with Crippen molar-refractivity contribution in [1.29, 1.82) is 0 Å². The summed E-state index contributed by atoms with van der Waals surface area (Å²) in [6.07, 6.45) is 2.36. The Morgan fingerprint density at radius 2 is 1.82 bits per heavy atom. The zero-order valence-corrected chi connectivity index (χ0v) is 17.5. The van der Waals surface area contributed by atoms with Crippen LogP contribution in [0.3, 0.4) is 0 Å². The maximum Gasteiger partial charge on any atom is 0.222 e. The molecule has 0 spiro atoms. The Kier molecular flexibility index (Phi) is 5.62. The van der Waals surface area contributed by atoms with Crippen LogP contribution in [0.2, 0.25) is 0 Å². The predicted molar refractivity (Wildman–Crippen MR) is 117 cm³/mol. The maximum atomic E-state index is 12.6. The van der Waals surface area contributed by atoms with Crippen LogP contribution in [0.4, 0.5) is 5.69 Å². The third-order valence-electron chi connectivity index (χ3n) is 5.67. The molecule has 1 aromatic heterocycles. The number of aryl methyl sites for hydroxylation is 2. The first-order valence-corrected chi connectivity index (χ1v) is 10.9. The highest BCUT2D eigenvalue weighted by Gasteiger charge is 2.22. The third-order valence-corrected chi connectivity index (χ3v) is 6.76. The molecular weight excluding hydrogens is 366 g/mol. The molecule has 0 bridgehead atoms. The quantitative estimate of drug-likeness (QED) is 0.636. The second-order valence-electron chi connectivity index (χ2n) is 7.52. The predicted octanol–water partition coefficient (Wildman–Crippen LogP) is 4.58. The van der Waals surface area contributed by atoms with Crippen molar-refractivity contribution in [2.24, 2.45) is 0 Å². The fourth-order valence-corrected chi connectivity index (χ4v) is 4.86. The molecule has 1 amide bonds. The highest BCUT2D eigenvalue weighted by Crippen LogP contribution is 2.25. The van der Waals surface area contributed by atoms with Gasteiger partial charge in [0.05, 0.1) is 15.2 Å². The molecule has 2 heterocycles. The number of rotatable bonds is 5. The zero-order chi connectivity index (χ0) is 19.5. The zero-order valence-electron chi connectivity index (χ0n) is 16.6. The molecular formula is C23H27N3OS. The van der Waals surface area contributed by atoms with E-state index in [9.17, 15) is 4.79 Å². The van der Waals surface area contributed by atoms with E-state index in [1.54, 1.807) is 11.3 Å². The van der Waals surface area contributed by atoms with Gasteiger partial charge in [0.15, 0.2) is 0 Å². The number of nitrogens with zero attached hydrogens (tertiary/aromatic N) is 3. The van der Waals surface area contributed by atoms with Crippen LogP contribution in [0.15, 0.2) is 42.5 Å². The number of piperazine rings is 1. The Morgan fingerprint density at radius 1 is 1.04 bits per heavy atom. The lowest BCUT2D eigenvalue weighted by Crippen LogP contribution is -2.49. The number of aromatic nitrogens is 1. The van der Waals surface area contributed by atoms with Crippen molar-refractivity contribution in [2.45, 2.75) is 33.1 Å². The van der Waals surface area contributed by atoms with Crippen molar-refractivity contribution in [1.82, 2.24) is 9.88 Å². The Bertz CT molecular complexity index is 940. The third kappa shape index (κ3) is 4.04. The van der Waals surface area contributed by atoms with E-state index in [0.29, 0.717) is 6.42 Å². The fourth-order valence-electron chi connectivity index (χ4n) is 3.85. The monoisotopic (exact) mass is 393 g/mol. The van der Waals surface area contributed by atoms with Crippen molar-refractivity contribution in [3.05, 3.63) is 58.6 Å².